The van der Waals surface area contributed by atoms with Gasteiger partial charge in [-0.1, -0.05) is 18.2 Å². The Balaban J connectivity index is 1.68. The third-order valence-corrected chi connectivity index (χ3v) is 3.86. The van der Waals surface area contributed by atoms with Gasteiger partial charge in [-0.15, -0.1) is 0 Å². The fourth-order valence-electron chi connectivity index (χ4n) is 2.62. The van der Waals surface area contributed by atoms with Crippen molar-refractivity contribution in [3.05, 3.63) is 48.3 Å². The zero-order chi connectivity index (χ0) is 14.9. The fraction of sp³-hybridized carbons (Fsp3) is 0.333. The van der Waals surface area contributed by atoms with Gasteiger partial charge in [-0.25, -0.2) is 4.68 Å². The number of carboxylic acids is 1. The summed E-state index contributed by atoms with van der Waals surface area (Å²) < 4.78 is 1.82. The van der Waals surface area contributed by atoms with Crippen LogP contribution < -0.4 is 5.73 Å². The summed E-state index contributed by atoms with van der Waals surface area (Å²) in [6.45, 7) is 1.66. The van der Waals surface area contributed by atoms with Crippen LogP contribution >= 0.6 is 0 Å². The summed E-state index contributed by atoms with van der Waals surface area (Å²) in [5.74, 6) is -0.931. The Bertz CT molecular complexity index is 640. The molecule has 0 aliphatic carbocycles. The highest BCUT2D eigenvalue weighted by atomic mass is 16.4. The molecule has 21 heavy (non-hydrogen) atoms. The van der Waals surface area contributed by atoms with Gasteiger partial charge in [0.1, 0.15) is 5.54 Å². The number of hydrogen-bond donors (Lipinski definition) is 2. The summed E-state index contributed by atoms with van der Waals surface area (Å²) in [6.07, 6.45) is 2.38. The molecule has 1 aromatic carbocycles. The maximum Gasteiger partial charge on any atom is 0.325 e. The van der Waals surface area contributed by atoms with Crippen LogP contribution in [0.3, 0.4) is 0 Å². The molecule has 110 valence electrons. The highest BCUT2D eigenvalue weighted by Crippen LogP contribution is 2.20. The molecule has 6 heteroatoms. The summed E-state index contributed by atoms with van der Waals surface area (Å²) in [5, 5.41) is 13.7. The smallest absolute Gasteiger partial charge is 0.325 e. The maximum atomic E-state index is 11.1. The maximum absolute atomic E-state index is 11.1. The first-order valence-corrected chi connectivity index (χ1v) is 6.91. The minimum atomic E-state index is -1.12. The van der Waals surface area contributed by atoms with Crippen molar-refractivity contribution in [1.82, 2.24) is 14.7 Å². The molecule has 0 bridgehead atoms. The summed E-state index contributed by atoms with van der Waals surface area (Å²) in [5.41, 5.74) is 6.67. The SMILES string of the molecule is NC1(C(=O)O)CCN(Cc2ccn(-c3ccccc3)n2)C1. The normalized spacial score (nSPS) is 22.5. The molecule has 1 saturated heterocycles. The molecule has 2 heterocycles. The summed E-state index contributed by atoms with van der Waals surface area (Å²) in [6, 6.07) is 11.8. The molecule has 1 aliphatic rings. The highest BCUT2D eigenvalue weighted by Gasteiger charge is 2.41. The van der Waals surface area contributed by atoms with Crippen LogP contribution in [0.4, 0.5) is 0 Å². The van der Waals surface area contributed by atoms with E-state index in [4.69, 9.17) is 10.8 Å². The Morgan fingerprint density at radius 1 is 1.33 bits per heavy atom. The van der Waals surface area contributed by atoms with Crippen molar-refractivity contribution in [2.75, 3.05) is 13.1 Å². The summed E-state index contributed by atoms with van der Waals surface area (Å²) in [4.78, 5) is 13.2. The predicted molar refractivity (Wildman–Crippen MR) is 78.0 cm³/mol. The van der Waals surface area contributed by atoms with Gasteiger partial charge in [-0.3, -0.25) is 9.69 Å². The molecule has 2 aromatic rings. The largest absolute Gasteiger partial charge is 0.480 e. The van der Waals surface area contributed by atoms with E-state index < -0.39 is 11.5 Å². The minimum Gasteiger partial charge on any atom is -0.480 e. The molecule has 1 fully saturated rings. The van der Waals surface area contributed by atoms with Crippen LogP contribution in [0.25, 0.3) is 5.69 Å². The van der Waals surface area contributed by atoms with E-state index in [0.717, 1.165) is 11.4 Å². The summed E-state index contributed by atoms with van der Waals surface area (Å²) in [7, 11) is 0. The number of para-hydroxylation sites is 1. The van der Waals surface area contributed by atoms with Crippen molar-refractivity contribution in [1.29, 1.82) is 0 Å². The van der Waals surface area contributed by atoms with Crippen molar-refractivity contribution >= 4 is 5.97 Å². The average Bonchev–Trinajstić information content (AvgIpc) is 3.08. The van der Waals surface area contributed by atoms with Crippen LogP contribution in [0.15, 0.2) is 42.6 Å². The van der Waals surface area contributed by atoms with E-state index in [9.17, 15) is 4.79 Å². The van der Waals surface area contributed by atoms with Crippen molar-refractivity contribution in [3.8, 4) is 5.69 Å². The first kappa shape index (κ1) is 13.8. The minimum absolute atomic E-state index is 0.362. The number of carbonyl (C=O) groups is 1. The molecule has 0 spiro atoms. The van der Waals surface area contributed by atoms with Crippen LogP contribution in [0, 0.1) is 0 Å². The lowest BCUT2D eigenvalue weighted by atomic mass is 10.0. The summed E-state index contributed by atoms with van der Waals surface area (Å²) >= 11 is 0. The second-order valence-electron chi connectivity index (χ2n) is 5.51. The van der Waals surface area contributed by atoms with Gasteiger partial charge >= 0.3 is 5.97 Å². The molecule has 6 nitrogen and oxygen atoms in total. The van der Waals surface area contributed by atoms with E-state index >= 15 is 0 Å². The lowest BCUT2D eigenvalue weighted by Gasteiger charge is -2.19. The van der Waals surface area contributed by atoms with Crippen LogP contribution in [0.1, 0.15) is 12.1 Å². The Morgan fingerprint density at radius 2 is 2.10 bits per heavy atom. The molecule has 0 saturated carbocycles. The number of hydrogen-bond acceptors (Lipinski definition) is 4. The number of rotatable bonds is 4. The van der Waals surface area contributed by atoms with Gasteiger partial charge in [0, 0.05) is 25.8 Å². The second-order valence-corrected chi connectivity index (χ2v) is 5.51. The Morgan fingerprint density at radius 3 is 2.76 bits per heavy atom. The number of aliphatic carboxylic acids is 1. The molecule has 1 aliphatic heterocycles. The van der Waals surface area contributed by atoms with Gasteiger partial charge in [0.15, 0.2) is 0 Å². The molecule has 0 amide bonds. The Labute approximate surface area is 122 Å². The number of nitrogens with two attached hydrogens (primary N) is 1. The van der Waals surface area contributed by atoms with E-state index in [0.29, 0.717) is 26.1 Å². The van der Waals surface area contributed by atoms with Crippen molar-refractivity contribution < 1.29 is 9.90 Å². The van der Waals surface area contributed by atoms with Gasteiger partial charge in [0.05, 0.1) is 11.4 Å². The first-order valence-electron chi connectivity index (χ1n) is 6.91. The van der Waals surface area contributed by atoms with Gasteiger partial charge < -0.3 is 10.8 Å². The quantitative estimate of drug-likeness (QED) is 0.871. The van der Waals surface area contributed by atoms with Crippen molar-refractivity contribution in [2.45, 2.75) is 18.5 Å². The molecule has 3 N–H and O–H groups in total. The Hall–Kier alpha value is -2.18. The van der Waals surface area contributed by atoms with E-state index in [1.807, 2.05) is 52.2 Å². The fourth-order valence-corrected chi connectivity index (χ4v) is 2.62. The number of benzene rings is 1. The van der Waals surface area contributed by atoms with Crippen molar-refractivity contribution in [2.24, 2.45) is 5.73 Å². The lowest BCUT2D eigenvalue weighted by molar-refractivity contribution is -0.142. The molecular formula is C15H18N4O2. The topological polar surface area (TPSA) is 84.4 Å². The molecule has 0 radical (unpaired) electrons. The van der Waals surface area contributed by atoms with Gasteiger partial charge in [-0.2, -0.15) is 5.10 Å². The highest BCUT2D eigenvalue weighted by molar-refractivity contribution is 5.79. The molecule has 1 unspecified atom stereocenters. The monoisotopic (exact) mass is 286 g/mol. The third-order valence-electron chi connectivity index (χ3n) is 3.86. The van der Waals surface area contributed by atoms with Crippen LogP contribution in [-0.4, -0.2) is 44.4 Å². The van der Waals surface area contributed by atoms with Gasteiger partial charge in [0.25, 0.3) is 0 Å². The Kier molecular flexibility index (Phi) is 3.48. The zero-order valence-electron chi connectivity index (χ0n) is 11.6. The van der Waals surface area contributed by atoms with Crippen LogP contribution in [0.2, 0.25) is 0 Å². The van der Waals surface area contributed by atoms with Crippen LogP contribution in [0.5, 0.6) is 0 Å². The van der Waals surface area contributed by atoms with Gasteiger partial charge in [0.2, 0.25) is 0 Å². The molecule has 3 rings (SSSR count). The zero-order valence-corrected chi connectivity index (χ0v) is 11.6. The lowest BCUT2D eigenvalue weighted by Crippen LogP contribution is -2.50. The van der Waals surface area contributed by atoms with E-state index in [1.165, 1.54) is 0 Å². The van der Waals surface area contributed by atoms with E-state index in [1.54, 1.807) is 0 Å². The number of likely N-dealkylation sites (tertiary alicyclic amines) is 1. The van der Waals surface area contributed by atoms with E-state index in [-0.39, 0.29) is 0 Å². The molecular weight excluding hydrogens is 268 g/mol. The second kappa shape index (κ2) is 5.31. The number of carboxylic acid groups (broad SMARTS) is 1. The van der Waals surface area contributed by atoms with Crippen molar-refractivity contribution in [3.63, 3.8) is 0 Å². The number of aromatic nitrogens is 2. The number of nitrogens with zero attached hydrogens (tertiary/aromatic N) is 3. The third kappa shape index (κ3) is 2.81. The molecule has 1 aromatic heterocycles. The van der Waals surface area contributed by atoms with E-state index in [2.05, 4.69) is 5.10 Å². The predicted octanol–water partition coefficient (Wildman–Crippen LogP) is 0.860. The average molecular weight is 286 g/mol. The van der Waals surface area contributed by atoms with Gasteiger partial charge in [-0.05, 0) is 24.6 Å². The van der Waals surface area contributed by atoms with Crippen LogP contribution in [-0.2, 0) is 11.3 Å². The standard InChI is InChI=1S/C15H18N4O2/c16-15(14(20)21)7-9-18(11-15)10-12-6-8-19(17-12)13-4-2-1-3-5-13/h1-6,8H,7,9-11,16H2,(H,20,21). The first-order chi connectivity index (χ1) is 10.1. The molecule has 1 atom stereocenters.